The van der Waals surface area contributed by atoms with Crippen molar-refractivity contribution in [3.05, 3.63) is 95.6 Å². The van der Waals surface area contributed by atoms with Crippen molar-refractivity contribution in [2.45, 2.75) is 88.0 Å². The fourth-order valence-electron chi connectivity index (χ4n) is 5.95. The van der Waals surface area contributed by atoms with Crippen LogP contribution in [-0.2, 0) is 57.6 Å². The summed E-state index contributed by atoms with van der Waals surface area (Å²) in [5, 5.41) is 73.6. The molecule has 3 rings (SSSR count). The van der Waals surface area contributed by atoms with Gasteiger partial charge in [-0.1, -0.05) is 54.6 Å². The standard InChI is InChI=1S/C41H51N7O14/c1-21(49)34(47-32(53)20-42)39(59)44-29(16-23-6-4-3-5-7-23)38(58)48-35(22(2)50)40(60)45-30(19-33(54)55)37(57)43-28(17-24-8-12-26(51)13-9-24)36(56)46-31(41(61)62)18-25-10-14-27(52)15-11-25/h3-15,21-22,28-31,34-35,49-52H,16-20,42H2,1-2H3,(H,43,57)(H,44,59)(H,45,60)(H,46,56)(H,47,53)(H,48,58)(H,54,55)(H,61,62)/t21-,22-,28+,29+,30+,31+,34+,35+/m1/s1. The molecule has 0 heterocycles. The molecule has 3 aromatic rings. The van der Waals surface area contributed by atoms with Crippen molar-refractivity contribution in [1.82, 2.24) is 31.9 Å². The summed E-state index contributed by atoms with van der Waals surface area (Å²) in [4.78, 5) is 104. The highest BCUT2D eigenvalue weighted by Crippen LogP contribution is 2.14. The number of rotatable bonds is 23. The number of benzene rings is 3. The first-order valence-corrected chi connectivity index (χ1v) is 19.2. The maximum Gasteiger partial charge on any atom is 0.326 e. The molecule has 21 heteroatoms. The normalized spacial score (nSPS) is 14.8. The molecule has 62 heavy (non-hydrogen) atoms. The number of aliphatic hydroxyl groups is 2. The molecular weight excluding hydrogens is 814 g/mol. The van der Waals surface area contributed by atoms with Gasteiger partial charge in [0.25, 0.3) is 0 Å². The molecule has 0 aliphatic heterocycles. The molecule has 0 saturated carbocycles. The molecule has 6 amide bonds. The highest BCUT2D eigenvalue weighted by atomic mass is 16.4. The van der Waals surface area contributed by atoms with Crippen LogP contribution in [-0.4, -0.2) is 133 Å². The summed E-state index contributed by atoms with van der Waals surface area (Å²) >= 11 is 0. The Hall–Kier alpha value is -7.10. The van der Waals surface area contributed by atoms with Crippen LogP contribution in [0, 0.1) is 0 Å². The van der Waals surface area contributed by atoms with Crippen molar-refractivity contribution in [1.29, 1.82) is 0 Å². The first kappa shape index (κ1) is 49.3. The third kappa shape index (κ3) is 15.8. The highest BCUT2D eigenvalue weighted by Gasteiger charge is 2.36. The van der Waals surface area contributed by atoms with E-state index in [1.807, 2.05) is 0 Å². The van der Waals surface area contributed by atoms with Crippen LogP contribution >= 0.6 is 0 Å². The van der Waals surface area contributed by atoms with Gasteiger partial charge in [-0.05, 0) is 54.8 Å². The van der Waals surface area contributed by atoms with Crippen molar-refractivity contribution < 1.29 is 69.0 Å². The van der Waals surface area contributed by atoms with Gasteiger partial charge >= 0.3 is 11.9 Å². The van der Waals surface area contributed by atoms with E-state index < -0.39 is 109 Å². The minimum Gasteiger partial charge on any atom is -0.508 e. The second kappa shape index (κ2) is 23.6. The molecule has 0 spiro atoms. The molecule has 0 aromatic heterocycles. The van der Waals surface area contributed by atoms with Gasteiger partial charge in [0, 0.05) is 19.3 Å². The van der Waals surface area contributed by atoms with Crippen molar-refractivity contribution in [2.24, 2.45) is 5.73 Å². The van der Waals surface area contributed by atoms with E-state index in [1.54, 1.807) is 30.3 Å². The number of nitrogens with one attached hydrogen (secondary N) is 6. The van der Waals surface area contributed by atoms with Gasteiger partial charge in [0.2, 0.25) is 35.4 Å². The SMILES string of the molecule is C[C@@H](O)[C@H](NC(=O)CN)C(=O)N[C@@H](Cc1ccccc1)C(=O)N[C@H](C(=O)N[C@@H](CC(=O)O)C(=O)N[C@@H](Cc1ccc(O)cc1)C(=O)N[C@@H](Cc1ccc(O)cc1)C(=O)O)[C@@H](C)O. The Bertz CT molecular complexity index is 2030. The Balaban J connectivity index is 1.88. The van der Waals surface area contributed by atoms with Gasteiger partial charge in [-0.25, -0.2) is 4.79 Å². The zero-order chi connectivity index (χ0) is 46.1. The molecule has 21 nitrogen and oxygen atoms in total. The van der Waals surface area contributed by atoms with Crippen LogP contribution in [0.3, 0.4) is 0 Å². The molecule has 8 atom stereocenters. The lowest BCUT2D eigenvalue weighted by Crippen LogP contribution is -2.62. The number of hydrogen-bond acceptors (Lipinski definition) is 13. The summed E-state index contributed by atoms with van der Waals surface area (Å²) in [6.07, 6.45) is -4.99. The largest absolute Gasteiger partial charge is 0.508 e. The van der Waals surface area contributed by atoms with Gasteiger partial charge < -0.3 is 68.3 Å². The highest BCUT2D eigenvalue weighted by molar-refractivity contribution is 5.98. The predicted octanol–water partition coefficient (Wildman–Crippen LogP) is -2.69. The number of aromatic hydroxyl groups is 2. The Morgan fingerprint density at radius 3 is 1.31 bits per heavy atom. The maximum absolute atomic E-state index is 13.8. The van der Waals surface area contributed by atoms with Crippen LogP contribution in [0.4, 0.5) is 0 Å². The van der Waals surface area contributed by atoms with Gasteiger partial charge in [-0.2, -0.15) is 0 Å². The lowest BCUT2D eigenvalue weighted by Gasteiger charge is -2.28. The van der Waals surface area contributed by atoms with Crippen LogP contribution < -0.4 is 37.6 Å². The molecule has 14 N–H and O–H groups in total. The van der Waals surface area contributed by atoms with Crippen LogP contribution in [0.25, 0.3) is 0 Å². The number of amides is 6. The second-order valence-electron chi connectivity index (χ2n) is 14.3. The molecule has 0 bridgehead atoms. The van der Waals surface area contributed by atoms with Crippen LogP contribution in [0.2, 0.25) is 0 Å². The van der Waals surface area contributed by atoms with Crippen molar-refractivity contribution in [3.8, 4) is 11.5 Å². The first-order valence-electron chi connectivity index (χ1n) is 19.2. The minimum absolute atomic E-state index is 0.0824. The molecule has 0 fully saturated rings. The summed E-state index contributed by atoms with van der Waals surface area (Å²) in [5.41, 5.74) is 6.64. The Morgan fingerprint density at radius 1 is 0.500 bits per heavy atom. The molecule has 334 valence electrons. The molecular formula is C41H51N7O14. The minimum atomic E-state index is -1.96. The Kier molecular flexibility index (Phi) is 18.8. The number of aliphatic hydroxyl groups excluding tert-OH is 2. The van der Waals surface area contributed by atoms with E-state index in [-0.39, 0.29) is 30.8 Å². The van der Waals surface area contributed by atoms with Crippen molar-refractivity contribution in [2.75, 3.05) is 6.54 Å². The summed E-state index contributed by atoms with van der Waals surface area (Å²) in [7, 11) is 0. The molecule has 0 radical (unpaired) electrons. The third-order valence-corrected chi connectivity index (χ3v) is 9.26. The average molecular weight is 866 g/mol. The summed E-state index contributed by atoms with van der Waals surface area (Å²) in [6, 6.07) is 9.07. The third-order valence-electron chi connectivity index (χ3n) is 9.26. The van der Waals surface area contributed by atoms with E-state index >= 15 is 0 Å². The molecule has 0 saturated heterocycles. The number of carboxylic acids is 2. The van der Waals surface area contributed by atoms with E-state index in [1.165, 1.54) is 55.5 Å². The second-order valence-corrected chi connectivity index (χ2v) is 14.3. The Labute approximate surface area is 355 Å². The molecule has 0 aliphatic rings. The molecule has 0 unspecified atom stereocenters. The number of nitrogens with two attached hydrogens (primary N) is 1. The summed E-state index contributed by atoms with van der Waals surface area (Å²) in [6.45, 7) is 1.79. The monoisotopic (exact) mass is 865 g/mol. The zero-order valence-electron chi connectivity index (χ0n) is 33.7. The number of hydrogen-bond donors (Lipinski definition) is 13. The number of phenols is 2. The maximum atomic E-state index is 13.8. The van der Waals surface area contributed by atoms with Crippen molar-refractivity contribution >= 4 is 47.4 Å². The number of phenolic OH excluding ortho intramolecular Hbond substituents is 2. The van der Waals surface area contributed by atoms with Gasteiger partial charge in [0.05, 0.1) is 25.2 Å². The number of aliphatic carboxylic acids is 2. The van der Waals surface area contributed by atoms with Gasteiger partial charge in [-0.3, -0.25) is 33.6 Å². The fourth-order valence-corrected chi connectivity index (χ4v) is 5.95. The molecule has 3 aromatic carbocycles. The Morgan fingerprint density at radius 2 is 0.871 bits per heavy atom. The van der Waals surface area contributed by atoms with Gasteiger partial charge in [0.15, 0.2) is 0 Å². The first-order chi connectivity index (χ1) is 29.3. The quantitative estimate of drug-likeness (QED) is 0.0462. The topological polar surface area (TPSA) is 356 Å². The van der Waals surface area contributed by atoms with Crippen LogP contribution in [0.1, 0.15) is 37.0 Å². The van der Waals surface area contributed by atoms with E-state index in [9.17, 15) is 69.0 Å². The van der Waals surface area contributed by atoms with Crippen LogP contribution in [0.5, 0.6) is 11.5 Å². The number of carbonyl (C=O) groups excluding carboxylic acids is 6. The number of carbonyl (C=O) groups is 8. The van der Waals surface area contributed by atoms with E-state index in [0.29, 0.717) is 16.7 Å². The lowest BCUT2D eigenvalue weighted by molar-refractivity contribution is -0.143. The summed E-state index contributed by atoms with van der Waals surface area (Å²) < 4.78 is 0. The van der Waals surface area contributed by atoms with Crippen molar-refractivity contribution in [3.63, 3.8) is 0 Å². The van der Waals surface area contributed by atoms with E-state index in [2.05, 4.69) is 31.9 Å². The predicted molar refractivity (Wildman–Crippen MR) is 218 cm³/mol. The number of carboxylic acid groups (broad SMARTS) is 2. The molecule has 0 aliphatic carbocycles. The van der Waals surface area contributed by atoms with Crippen LogP contribution in [0.15, 0.2) is 78.9 Å². The fraction of sp³-hybridized carbons (Fsp3) is 0.366. The lowest BCUT2D eigenvalue weighted by atomic mass is 10.0. The van der Waals surface area contributed by atoms with E-state index in [4.69, 9.17) is 5.73 Å². The smallest absolute Gasteiger partial charge is 0.326 e. The van der Waals surface area contributed by atoms with Gasteiger partial charge in [0.1, 0.15) is 47.8 Å². The average Bonchev–Trinajstić information content (AvgIpc) is 3.21. The van der Waals surface area contributed by atoms with E-state index in [0.717, 1.165) is 6.92 Å². The summed E-state index contributed by atoms with van der Waals surface area (Å²) in [5.74, 6) is -9.63. The zero-order valence-corrected chi connectivity index (χ0v) is 33.7. The van der Waals surface area contributed by atoms with Gasteiger partial charge in [-0.15, -0.1) is 0 Å².